The molecule has 2 N–H and O–H groups in total. The van der Waals surface area contributed by atoms with Gasteiger partial charge in [0.1, 0.15) is 11.5 Å². The van der Waals surface area contributed by atoms with Crippen LogP contribution in [0.25, 0.3) is 0 Å². The molecule has 0 aliphatic heterocycles. The van der Waals surface area contributed by atoms with E-state index in [0.29, 0.717) is 29.9 Å². The smallest absolute Gasteiger partial charge is 0.308 e. The van der Waals surface area contributed by atoms with Gasteiger partial charge in [-0.05, 0) is 25.0 Å². The second-order valence-corrected chi connectivity index (χ2v) is 6.08. The largest absolute Gasteiger partial charge is 0.497 e. The second kappa shape index (κ2) is 8.57. The van der Waals surface area contributed by atoms with Crippen LogP contribution < -0.4 is 14.8 Å². The Morgan fingerprint density at radius 1 is 1.08 bits per heavy atom. The number of benzene rings is 1. The summed E-state index contributed by atoms with van der Waals surface area (Å²) in [4.78, 5) is 24.2. The van der Waals surface area contributed by atoms with Crippen LogP contribution in [0.15, 0.2) is 18.2 Å². The third-order valence-electron chi connectivity index (χ3n) is 4.55. The van der Waals surface area contributed by atoms with Crippen LogP contribution in [-0.4, -0.2) is 37.2 Å². The summed E-state index contributed by atoms with van der Waals surface area (Å²) in [5.74, 6) is -0.698. The van der Waals surface area contributed by atoms with Crippen LogP contribution in [0.3, 0.4) is 0 Å². The minimum atomic E-state index is -0.844. The summed E-state index contributed by atoms with van der Waals surface area (Å²) in [6, 6.07) is 4.60. The van der Waals surface area contributed by atoms with Gasteiger partial charge in [0, 0.05) is 12.1 Å². The number of nitrogens with one attached hydrogen (secondary N) is 1. The molecular formula is C18H25NO5. The van der Waals surface area contributed by atoms with E-state index in [0.717, 1.165) is 25.7 Å². The summed E-state index contributed by atoms with van der Waals surface area (Å²) in [7, 11) is 3.03. The Bertz CT molecular complexity index is 587. The molecule has 0 heterocycles. The third-order valence-corrected chi connectivity index (χ3v) is 4.55. The maximum atomic E-state index is 12.6. The molecule has 1 aliphatic carbocycles. The molecule has 0 saturated heterocycles. The van der Waals surface area contributed by atoms with E-state index in [1.165, 1.54) is 7.11 Å². The first kappa shape index (κ1) is 18.1. The van der Waals surface area contributed by atoms with Crippen LogP contribution >= 0.6 is 0 Å². The number of aliphatic carboxylic acids is 1. The average Bonchev–Trinajstić information content (AvgIpc) is 2.56. The Morgan fingerprint density at radius 2 is 1.79 bits per heavy atom. The lowest BCUT2D eigenvalue weighted by molar-refractivity contribution is -0.143. The Kier molecular flexibility index (Phi) is 6.46. The van der Waals surface area contributed by atoms with Crippen LogP contribution in [0.4, 0.5) is 0 Å². The number of amides is 1. The zero-order chi connectivity index (χ0) is 17.5. The lowest BCUT2D eigenvalue weighted by atomic mass is 9.86. The number of methoxy groups -OCH3 is 2. The van der Waals surface area contributed by atoms with Crippen molar-refractivity contribution in [3.63, 3.8) is 0 Å². The molecule has 0 radical (unpaired) electrons. The second-order valence-electron chi connectivity index (χ2n) is 6.08. The molecule has 2 atom stereocenters. The highest BCUT2D eigenvalue weighted by molar-refractivity contribution is 5.97. The molecule has 1 aliphatic rings. The standard InChI is InChI=1S/C18H25NO5/c1-23-12-9-10-14(16(11-12)24-2)17(20)19-15-8-6-4-3-5-7-13(15)18(21)22/h9-11,13,15H,3-8H2,1-2H3,(H,19,20)(H,21,22). The van der Waals surface area contributed by atoms with Crippen molar-refractivity contribution in [2.45, 2.75) is 44.6 Å². The van der Waals surface area contributed by atoms with Gasteiger partial charge in [-0.3, -0.25) is 9.59 Å². The van der Waals surface area contributed by atoms with Crippen molar-refractivity contribution in [2.24, 2.45) is 5.92 Å². The van der Waals surface area contributed by atoms with Crippen molar-refractivity contribution in [3.05, 3.63) is 23.8 Å². The number of carbonyl (C=O) groups excluding carboxylic acids is 1. The molecule has 24 heavy (non-hydrogen) atoms. The van der Waals surface area contributed by atoms with E-state index in [1.54, 1.807) is 25.3 Å². The molecule has 1 aromatic carbocycles. The summed E-state index contributed by atoms with van der Waals surface area (Å²) >= 11 is 0. The van der Waals surface area contributed by atoms with Crippen LogP contribution in [0, 0.1) is 5.92 Å². The van der Waals surface area contributed by atoms with Gasteiger partial charge in [0.25, 0.3) is 5.91 Å². The van der Waals surface area contributed by atoms with Crippen LogP contribution in [0.1, 0.15) is 48.9 Å². The molecule has 1 saturated carbocycles. The molecule has 0 aromatic heterocycles. The molecule has 6 nitrogen and oxygen atoms in total. The molecule has 1 aromatic rings. The van der Waals surface area contributed by atoms with Gasteiger partial charge in [-0.15, -0.1) is 0 Å². The molecule has 1 fully saturated rings. The van der Waals surface area contributed by atoms with E-state index in [2.05, 4.69) is 5.32 Å². The summed E-state index contributed by atoms with van der Waals surface area (Å²) in [6.07, 6.45) is 5.21. The number of carbonyl (C=O) groups is 2. The van der Waals surface area contributed by atoms with Crippen molar-refractivity contribution in [3.8, 4) is 11.5 Å². The Morgan fingerprint density at radius 3 is 2.42 bits per heavy atom. The van der Waals surface area contributed by atoms with Crippen molar-refractivity contribution in [1.82, 2.24) is 5.32 Å². The zero-order valence-electron chi connectivity index (χ0n) is 14.2. The number of carboxylic acid groups (broad SMARTS) is 1. The minimum absolute atomic E-state index is 0.314. The van der Waals surface area contributed by atoms with Gasteiger partial charge in [0.05, 0.1) is 25.7 Å². The lowest BCUT2D eigenvalue weighted by Gasteiger charge is -2.27. The normalized spacial score (nSPS) is 21.2. The molecule has 6 heteroatoms. The lowest BCUT2D eigenvalue weighted by Crippen LogP contribution is -2.44. The summed E-state index contributed by atoms with van der Waals surface area (Å²) in [6.45, 7) is 0. The van der Waals surface area contributed by atoms with Gasteiger partial charge in [0.15, 0.2) is 0 Å². The molecule has 2 unspecified atom stereocenters. The van der Waals surface area contributed by atoms with Crippen molar-refractivity contribution in [2.75, 3.05) is 14.2 Å². The molecule has 0 bridgehead atoms. The number of hydrogen-bond donors (Lipinski definition) is 2. The molecule has 0 spiro atoms. The predicted molar refractivity (Wildman–Crippen MR) is 89.6 cm³/mol. The highest BCUT2D eigenvalue weighted by Crippen LogP contribution is 2.27. The van der Waals surface area contributed by atoms with Gasteiger partial charge < -0.3 is 19.9 Å². The first-order chi connectivity index (χ1) is 11.6. The van der Waals surface area contributed by atoms with Crippen molar-refractivity contribution >= 4 is 11.9 Å². The topological polar surface area (TPSA) is 84.9 Å². The SMILES string of the molecule is COc1ccc(C(=O)NC2CCCCCCC2C(=O)O)c(OC)c1. The first-order valence-corrected chi connectivity index (χ1v) is 8.32. The quantitative estimate of drug-likeness (QED) is 0.864. The predicted octanol–water partition coefficient (Wildman–Crippen LogP) is 2.86. The maximum Gasteiger partial charge on any atom is 0.308 e. The van der Waals surface area contributed by atoms with Crippen LogP contribution in [0.5, 0.6) is 11.5 Å². The highest BCUT2D eigenvalue weighted by Gasteiger charge is 2.30. The Labute approximate surface area is 142 Å². The fourth-order valence-corrected chi connectivity index (χ4v) is 3.19. The van der Waals surface area contributed by atoms with Crippen LogP contribution in [0.2, 0.25) is 0 Å². The highest BCUT2D eigenvalue weighted by atomic mass is 16.5. The fraction of sp³-hybridized carbons (Fsp3) is 0.556. The van der Waals surface area contributed by atoms with E-state index in [4.69, 9.17) is 9.47 Å². The Hall–Kier alpha value is -2.24. The summed E-state index contributed by atoms with van der Waals surface area (Å²) in [5.41, 5.74) is 0.379. The van der Waals surface area contributed by atoms with Crippen LogP contribution in [-0.2, 0) is 4.79 Å². The average molecular weight is 335 g/mol. The van der Waals surface area contributed by atoms with Gasteiger partial charge in [-0.25, -0.2) is 0 Å². The van der Waals surface area contributed by atoms with E-state index in [-0.39, 0.29) is 11.9 Å². The summed E-state index contributed by atoms with van der Waals surface area (Å²) < 4.78 is 10.4. The molecule has 132 valence electrons. The molecular weight excluding hydrogens is 310 g/mol. The van der Waals surface area contributed by atoms with E-state index in [9.17, 15) is 14.7 Å². The molecule has 1 amide bonds. The first-order valence-electron chi connectivity index (χ1n) is 8.32. The fourth-order valence-electron chi connectivity index (χ4n) is 3.19. The third kappa shape index (κ3) is 4.40. The maximum absolute atomic E-state index is 12.6. The Balaban J connectivity index is 2.17. The van der Waals surface area contributed by atoms with Crippen molar-refractivity contribution < 1.29 is 24.2 Å². The minimum Gasteiger partial charge on any atom is -0.497 e. The zero-order valence-corrected chi connectivity index (χ0v) is 14.2. The van der Waals surface area contributed by atoms with E-state index >= 15 is 0 Å². The number of hydrogen-bond acceptors (Lipinski definition) is 4. The molecule has 2 rings (SSSR count). The van der Waals surface area contributed by atoms with Gasteiger partial charge in [0.2, 0.25) is 0 Å². The number of rotatable bonds is 5. The number of carboxylic acids is 1. The monoisotopic (exact) mass is 335 g/mol. The number of ether oxygens (including phenoxy) is 2. The van der Waals surface area contributed by atoms with Gasteiger partial charge in [-0.2, -0.15) is 0 Å². The van der Waals surface area contributed by atoms with Gasteiger partial charge >= 0.3 is 5.97 Å². The van der Waals surface area contributed by atoms with Crippen molar-refractivity contribution in [1.29, 1.82) is 0 Å². The van der Waals surface area contributed by atoms with E-state index < -0.39 is 11.9 Å². The van der Waals surface area contributed by atoms with Gasteiger partial charge in [-0.1, -0.05) is 25.7 Å². The summed E-state index contributed by atoms with van der Waals surface area (Å²) in [5, 5.41) is 12.4. The van der Waals surface area contributed by atoms with E-state index in [1.807, 2.05) is 0 Å².